The van der Waals surface area contributed by atoms with E-state index in [1.165, 1.54) is 0 Å². The molecule has 0 aromatic heterocycles. The van der Waals surface area contributed by atoms with Crippen LogP contribution in [0.3, 0.4) is 0 Å². The number of nitrogens with zero attached hydrogens (tertiary/aromatic N) is 1. The SMILES string of the molecule is N[C@@H]1CCCN(C(=O)C23CC(O)(C2)C3)C1. The summed E-state index contributed by atoms with van der Waals surface area (Å²) >= 11 is 0. The fourth-order valence-corrected chi connectivity index (χ4v) is 3.49. The summed E-state index contributed by atoms with van der Waals surface area (Å²) in [7, 11) is 0. The summed E-state index contributed by atoms with van der Waals surface area (Å²) in [5.41, 5.74) is 5.19. The van der Waals surface area contributed by atoms with Gasteiger partial charge in [-0.25, -0.2) is 0 Å². The first-order chi connectivity index (χ1) is 7.03. The first-order valence-corrected chi connectivity index (χ1v) is 5.80. The maximum absolute atomic E-state index is 12.2. The fourth-order valence-electron chi connectivity index (χ4n) is 3.49. The van der Waals surface area contributed by atoms with Gasteiger partial charge in [-0.3, -0.25) is 4.79 Å². The predicted molar refractivity (Wildman–Crippen MR) is 55.0 cm³/mol. The van der Waals surface area contributed by atoms with Crippen molar-refractivity contribution in [1.29, 1.82) is 0 Å². The number of carbonyl (C=O) groups is 1. The monoisotopic (exact) mass is 210 g/mol. The number of aliphatic hydroxyl groups is 1. The number of nitrogens with two attached hydrogens (primary N) is 1. The first kappa shape index (κ1) is 9.60. The van der Waals surface area contributed by atoms with Gasteiger partial charge in [-0.2, -0.15) is 0 Å². The van der Waals surface area contributed by atoms with E-state index in [0.29, 0.717) is 25.8 Å². The van der Waals surface area contributed by atoms with E-state index in [9.17, 15) is 9.90 Å². The van der Waals surface area contributed by atoms with Crippen LogP contribution in [-0.4, -0.2) is 40.6 Å². The van der Waals surface area contributed by atoms with Gasteiger partial charge in [-0.05, 0) is 32.1 Å². The smallest absolute Gasteiger partial charge is 0.229 e. The number of carbonyl (C=O) groups excluding carboxylic acids is 1. The number of hydrogen-bond donors (Lipinski definition) is 2. The van der Waals surface area contributed by atoms with Crippen molar-refractivity contribution < 1.29 is 9.90 Å². The molecule has 1 saturated heterocycles. The third kappa shape index (κ3) is 1.24. The van der Waals surface area contributed by atoms with E-state index in [1.54, 1.807) is 0 Å². The molecule has 84 valence electrons. The van der Waals surface area contributed by atoms with Crippen LogP contribution in [0.15, 0.2) is 0 Å². The summed E-state index contributed by atoms with van der Waals surface area (Å²) in [5, 5.41) is 9.65. The number of rotatable bonds is 1. The minimum absolute atomic E-state index is 0.151. The Hall–Kier alpha value is -0.610. The van der Waals surface area contributed by atoms with Gasteiger partial charge < -0.3 is 15.7 Å². The van der Waals surface area contributed by atoms with Crippen LogP contribution in [0.2, 0.25) is 0 Å². The van der Waals surface area contributed by atoms with E-state index in [4.69, 9.17) is 5.73 Å². The topological polar surface area (TPSA) is 66.6 Å². The Morgan fingerprint density at radius 1 is 1.40 bits per heavy atom. The Balaban J connectivity index is 1.65. The van der Waals surface area contributed by atoms with E-state index in [0.717, 1.165) is 19.4 Å². The lowest BCUT2D eigenvalue weighted by atomic mass is 9.41. The molecule has 3 N–H and O–H groups in total. The van der Waals surface area contributed by atoms with Crippen molar-refractivity contribution >= 4 is 5.91 Å². The standard InChI is InChI=1S/C11H18N2O2/c12-8-2-1-3-13(4-8)9(14)10-5-11(15,6-10)7-10/h8,15H,1-7,12H2/t8-,10?,11?/m1/s1. The van der Waals surface area contributed by atoms with Gasteiger partial charge >= 0.3 is 0 Å². The van der Waals surface area contributed by atoms with Crippen LogP contribution in [0.1, 0.15) is 32.1 Å². The highest BCUT2D eigenvalue weighted by molar-refractivity contribution is 5.87. The molecular weight excluding hydrogens is 192 g/mol. The summed E-state index contributed by atoms with van der Waals surface area (Å²) in [6.45, 7) is 1.56. The van der Waals surface area contributed by atoms with Crippen molar-refractivity contribution in [3.63, 3.8) is 0 Å². The molecule has 4 rings (SSSR count). The molecular formula is C11H18N2O2. The molecule has 4 aliphatic rings. The highest BCUT2D eigenvalue weighted by Crippen LogP contribution is 2.67. The van der Waals surface area contributed by atoms with E-state index in [-0.39, 0.29) is 17.4 Å². The van der Waals surface area contributed by atoms with Crippen LogP contribution < -0.4 is 5.73 Å². The Kier molecular flexibility index (Phi) is 1.75. The van der Waals surface area contributed by atoms with Gasteiger partial charge in [0, 0.05) is 19.1 Å². The summed E-state index contributed by atoms with van der Waals surface area (Å²) in [6, 6.07) is 0.151. The summed E-state index contributed by atoms with van der Waals surface area (Å²) < 4.78 is 0. The second kappa shape index (κ2) is 2.74. The maximum atomic E-state index is 12.2. The van der Waals surface area contributed by atoms with Gasteiger partial charge in [0.15, 0.2) is 0 Å². The van der Waals surface area contributed by atoms with Gasteiger partial charge in [0.05, 0.1) is 11.0 Å². The third-order valence-electron chi connectivity index (χ3n) is 4.20. The highest BCUT2D eigenvalue weighted by atomic mass is 16.3. The lowest BCUT2D eigenvalue weighted by molar-refractivity contribution is -0.256. The summed E-state index contributed by atoms with van der Waals surface area (Å²) in [4.78, 5) is 14.1. The number of piperidine rings is 1. The van der Waals surface area contributed by atoms with Gasteiger partial charge in [0.25, 0.3) is 0 Å². The van der Waals surface area contributed by atoms with Gasteiger partial charge in [-0.15, -0.1) is 0 Å². The Bertz CT molecular complexity index is 296. The molecule has 3 aliphatic carbocycles. The number of amides is 1. The molecule has 0 radical (unpaired) electrons. The zero-order chi connectivity index (χ0) is 10.7. The molecule has 0 unspecified atom stereocenters. The van der Waals surface area contributed by atoms with E-state index in [2.05, 4.69) is 0 Å². The van der Waals surface area contributed by atoms with E-state index in [1.807, 2.05) is 4.90 Å². The third-order valence-corrected chi connectivity index (χ3v) is 4.20. The first-order valence-electron chi connectivity index (χ1n) is 5.80. The molecule has 4 heteroatoms. The average Bonchev–Trinajstić information content (AvgIpc) is 2.10. The van der Waals surface area contributed by atoms with Crippen LogP contribution >= 0.6 is 0 Å². The summed E-state index contributed by atoms with van der Waals surface area (Å²) in [5.74, 6) is 0.244. The largest absolute Gasteiger partial charge is 0.390 e. The predicted octanol–water partition coefficient (Wildman–Crippen LogP) is -0.149. The molecule has 4 fully saturated rings. The van der Waals surface area contributed by atoms with E-state index < -0.39 is 5.60 Å². The Morgan fingerprint density at radius 3 is 2.60 bits per heavy atom. The molecule has 0 spiro atoms. The van der Waals surface area contributed by atoms with Crippen LogP contribution in [0.25, 0.3) is 0 Å². The molecule has 1 aliphatic heterocycles. The summed E-state index contributed by atoms with van der Waals surface area (Å²) in [6.07, 6.45) is 4.10. The molecule has 2 bridgehead atoms. The van der Waals surface area contributed by atoms with Crippen molar-refractivity contribution in [3.05, 3.63) is 0 Å². The van der Waals surface area contributed by atoms with Gasteiger partial charge in [0.2, 0.25) is 5.91 Å². The maximum Gasteiger partial charge on any atom is 0.229 e. The van der Waals surface area contributed by atoms with Crippen LogP contribution in [0, 0.1) is 5.41 Å². The van der Waals surface area contributed by atoms with Crippen molar-refractivity contribution in [2.45, 2.75) is 43.7 Å². The van der Waals surface area contributed by atoms with Crippen molar-refractivity contribution in [1.82, 2.24) is 4.90 Å². The fraction of sp³-hybridized carbons (Fsp3) is 0.909. The van der Waals surface area contributed by atoms with Gasteiger partial charge in [-0.1, -0.05) is 0 Å². The van der Waals surface area contributed by atoms with Crippen molar-refractivity contribution in [3.8, 4) is 0 Å². The van der Waals surface area contributed by atoms with Crippen LogP contribution in [-0.2, 0) is 4.79 Å². The molecule has 1 atom stereocenters. The van der Waals surface area contributed by atoms with Crippen molar-refractivity contribution in [2.24, 2.45) is 11.1 Å². The average molecular weight is 210 g/mol. The highest BCUT2D eigenvalue weighted by Gasteiger charge is 2.71. The molecule has 0 aromatic rings. The van der Waals surface area contributed by atoms with Crippen LogP contribution in [0.4, 0.5) is 0 Å². The molecule has 1 amide bonds. The minimum Gasteiger partial charge on any atom is -0.390 e. The second-order valence-electron chi connectivity index (χ2n) is 5.69. The van der Waals surface area contributed by atoms with Crippen LogP contribution in [0.5, 0.6) is 0 Å². The number of likely N-dealkylation sites (tertiary alicyclic amines) is 1. The Labute approximate surface area is 89.4 Å². The zero-order valence-electron chi connectivity index (χ0n) is 8.91. The molecule has 1 heterocycles. The number of hydrogen-bond acceptors (Lipinski definition) is 3. The second-order valence-corrected chi connectivity index (χ2v) is 5.69. The van der Waals surface area contributed by atoms with Crippen molar-refractivity contribution in [2.75, 3.05) is 13.1 Å². The minimum atomic E-state index is -0.479. The Morgan fingerprint density at radius 2 is 2.07 bits per heavy atom. The molecule has 0 aromatic carbocycles. The van der Waals surface area contributed by atoms with E-state index >= 15 is 0 Å². The quantitative estimate of drug-likeness (QED) is 0.632. The van der Waals surface area contributed by atoms with Gasteiger partial charge in [0.1, 0.15) is 0 Å². The lowest BCUT2D eigenvalue weighted by Gasteiger charge is -2.67. The lowest BCUT2D eigenvalue weighted by Crippen LogP contribution is -2.73. The molecule has 3 saturated carbocycles. The normalized spacial score (nSPS) is 48.1. The molecule has 15 heavy (non-hydrogen) atoms. The molecule has 4 nitrogen and oxygen atoms in total. The zero-order valence-corrected chi connectivity index (χ0v) is 8.91.